The number of hydrogen-bond donors (Lipinski definition) is 1. The Morgan fingerprint density at radius 3 is 2.82 bits per heavy atom. The number of nitrogens with one attached hydrogen (secondary N) is 1. The molecule has 2 aromatic rings. The minimum atomic E-state index is -0.529. The first-order valence-electron chi connectivity index (χ1n) is 6.33. The Hall–Kier alpha value is -2.42. The third-order valence-electron chi connectivity index (χ3n) is 2.59. The van der Waals surface area contributed by atoms with Crippen LogP contribution in [0.5, 0.6) is 0 Å². The fourth-order valence-corrected chi connectivity index (χ4v) is 1.85. The summed E-state index contributed by atoms with van der Waals surface area (Å²) in [6, 6.07) is 6.01. The smallest absolute Gasteiger partial charge is 0.374 e. The summed E-state index contributed by atoms with van der Waals surface area (Å²) in [7, 11) is 0. The average Bonchev–Trinajstić information content (AvgIpc) is 2.94. The lowest BCUT2D eigenvalue weighted by Crippen LogP contribution is -2.10. The van der Waals surface area contributed by atoms with Crippen LogP contribution in [0.25, 0.3) is 0 Å². The summed E-state index contributed by atoms with van der Waals surface area (Å²) in [4.78, 5) is 25.4. The van der Waals surface area contributed by atoms with Crippen molar-refractivity contribution in [2.75, 3.05) is 18.5 Å². The second kappa shape index (κ2) is 7.55. The van der Waals surface area contributed by atoms with Crippen LogP contribution >= 0.6 is 15.9 Å². The Labute approximate surface area is 133 Å². The number of carbonyl (C=O) groups is 1. The van der Waals surface area contributed by atoms with Gasteiger partial charge in [-0.25, -0.2) is 9.78 Å². The molecule has 2 rings (SSSR count). The molecule has 22 heavy (non-hydrogen) atoms. The van der Waals surface area contributed by atoms with E-state index in [2.05, 4.69) is 26.2 Å². The van der Waals surface area contributed by atoms with E-state index >= 15 is 0 Å². The Balaban J connectivity index is 1.67. The first-order chi connectivity index (χ1) is 10.6. The topological polar surface area (TPSA) is 108 Å². The lowest BCUT2D eigenvalue weighted by atomic mass is 10.4. The van der Waals surface area contributed by atoms with E-state index in [0.29, 0.717) is 23.5 Å². The van der Waals surface area contributed by atoms with E-state index in [1.54, 1.807) is 6.07 Å². The molecule has 2 aromatic heterocycles. The molecule has 0 atom stereocenters. The second-order valence-corrected chi connectivity index (χ2v) is 4.96. The van der Waals surface area contributed by atoms with Gasteiger partial charge in [-0.15, -0.1) is 0 Å². The molecule has 9 heteroatoms. The molecule has 0 radical (unpaired) electrons. The minimum absolute atomic E-state index is 0.0657. The van der Waals surface area contributed by atoms with Gasteiger partial charge in [-0.3, -0.25) is 10.1 Å². The summed E-state index contributed by atoms with van der Waals surface area (Å²) in [5.41, 5.74) is -0.0657. The molecule has 0 aliphatic rings. The Morgan fingerprint density at radius 2 is 2.23 bits per heavy atom. The maximum absolute atomic E-state index is 11.6. The van der Waals surface area contributed by atoms with Gasteiger partial charge < -0.3 is 14.5 Å². The molecule has 0 saturated carbocycles. The van der Waals surface area contributed by atoms with Gasteiger partial charge in [0, 0.05) is 12.6 Å². The monoisotopic (exact) mass is 369 g/mol. The average molecular weight is 370 g/mol. The normalized spacial score (nSPS) is 10.2. The largest absolute Gasteiger partial charge is 0.460 e. The molecule has 0 saturated heterocycles. The third kappa shape index (κ3) is 4.55. The lowest BCUT2D eigenvalue weighted by Gasteiger charge is -2.05. The highest BCUT2D eigenvalue weighted by Gasteiger charge is 2.11. The molecule has 0 bridgehead atoms. The standard InChI is InChI=1S/C13H12BrN3O5/c14-11-4-3-10(22-11)13(18)21-7-1-6-15-12-5-2-9(8-16-12)17(19)20/h2-5,8H,1,6-7H2,(H,15,16). The van der Waals surface area contributed by atoms with Gasteiger partial charge in [-0.2, -0.15) is 0 Å². The zero-order valence-corrected chi connectivity index (χ0v) is 12.9. The van der Waals surface area contributed by atoms with Crippen LogP contribution in [0.2, 0.25) is 0 Å². The molecule has 0 aliphatic heterocycles. The fraction of sp³-hybridized carbons (Fsp3) is 0.231. The molecule has 0 aliphatic carbocycles. The highest BCUT2D eigenvalue weighted by molar-refractivity contribution is 9.10. The number of anilines is 1. The van der Waals surface area contributed by atoms with Crippen molar-refractivity contribution in [3.8, 4) is 0 Å². The third-order valence-corrected chi connectivity index (χ3v) is 3.02. The van der Waals surface area contributed by atoms with Crippen LogP contribution < -0.4 is 5.32 Å². The van der Waals surface area contributed by atoms with Crippen molar-refractivity contribution >= 4 is 33.4 Å². The molecule has 8 nitrogen and oxygen atoms in total. The summed E-state index contributed by atoms with van der Waals surface area (Å²) in [5.74, 6) is 0.128. The van der Waals surface area contributed by atoms with Crippen molar-refractivity contribution in [1.29, 1.82) is 0 Å². The number of furan rings is 1. The van der Waals surface area contributed by atoms with Gasteiger partial charge >= 0.3 is 5.97 Å². The summed E-state index contributed by atoms with van der Waals surface area (Å²) in [5, 5.41) is 13.5. The van der Waals surface area contributed by atoms with E-state index in [-0.39, 0.29) is 18.1 Å². The van der Waals surface area contributed by atoms with Crippen LogP contribution in [0, 0.1) is 10.1 Å². The summed E-state index contributed by atoms with van der Waals surface area (Å²) in [6.45, 7) is 0.733. The van der Waals surface area contributed by atoms with Crippen LogP contribution in [0.15, 0.2) is 39.5 Å². The quantitative estimate of drug-likeness (QED) is 0.345. The van der Waals surface area contributed by atoms with Gasteiger partial charge in [0.2, 0.25) is 5.76 Å². The number of aromatic nitrogens is 1. The second-order valence-electron chi connectivity index (χ2n) is 4.18. The van der Waals surface area contributed by atoms with Crippen molar-refractivity contribution in [2.45, 2.75) is 6.42 Å². The number of ether oxygens (including phenoxy) is 1. The number of nitrogens with zero attached hydrogens (tertiary/aromatic N) is 2. The molecule has 0 spiro atoms. The number of hydrogen-bond acceptors (Lipinski definition) is 7. The number of rotatable bonds is 7. The fourth-order valence-electron chi connectivity index (χ4n) is 1.55. The van der Waals surface area contributed by atoms with Crippen LogP contribution in [-0.2, 0) is 4.74 Å². The Morgan fingerprint density at radius 1 is 1.41 bits per heavy atom. The molecular weight excluding hydrogens is 358 g/mol. The van der Waals surface area contributed by atoms with E-state index in [9.17, 15) is 14.9 Å². The van der Waals surface area contributed by atoms with Crippen molar-refractivity contribution in [2.24, 2.45) is 0 Å². The van der Waals surface area contributed by atoms with Crippen molar-refractivity contribution < 1.29 is 18.9 Å². The van der Waals surface area contributed by atoms with E-state index in [0.717, 1.165) is 0 Å². The van der Waals surface area contributed by atoms with Crippen molar-refractivity contribution in [3.63, 3.8) is 0 Å². The van der Waals surface area contributed by atoms with Crippen LogP contribution in [-0.4, -0.2) is 29.0 Å². The number of halogens is 1. The zero-order chi connectivity index (χ0) is 15.9. The van der Waals surface area contributed by atoms with E-state index in [1.165, 1.54) is 24.4 Å². The number of nitro groups is 1. The number of pyridine rings is 1. The molecule has 2 heterocycles. The van der Waals surface area contributed by atoms with Gasteiger partial charge in [0.25, 0.3) is 5.69 Å². The number of esters is 1. The minimum Gasteiger partial charge on any atom is -0.460 e. The predicted octanol–water partition coefficient (Wildman–Crippen LogP) is 3.00. The molecule has 1 N–H and O–H groups in total. The number of carbonyl (C=O) groups excluding carboxylic acids is 1. The molecule has 0 amide bonds. The lowest BCUT2D eigenvalue weighted by molar-refractivity contribution is -0.385. The predicted molar refractivity (Wildman–Crippen MR) is 80.7 cm³/mol. The summed E-state index contributed by atoms with van der Waals surface area (Å²) < 4.78 is 10.6. The van der Waals surface area contributed by atoms with Crippen molar-refractivity contribution in [1.82, 2.24) is 4.98 Å². The van der Waals surface area contributed by atoms with E-state index in [1.807, 2.05) is 0 Å². The van der Waals surface area contributed by atoms with Gasteiger partial charge in [-0.05, 0) is 40.5 Å². The Kier molecular flexibility index (Phi) is 5.48. The van der Waals surface area contributed by atoms with Crippen molar-refractivity contribution in [3.05, 3.63) is 51.0 Å². The molecular formula is C13H12BrN3O5. The van der Waals surface area contributed by atoms with E-state index in [4.69, 9.17) is 9.15 Å². The highest BCUT2D eigenvalue weighted by Crippen LogP contribution is 2.15. The molecule has 0 fully saturated rings. The van der Waals surface area contributed by atoms with E-state index < -0.39 is 10.9 Å². The van der Waals surface area contributed by atoms with Gasteiger partial charge in [-0.1, -0.05) is 0 Å². The first kappa shape index (κ1) is 16.0. The summed E-state index contributed by atoms with van der Waals surface area (Å²) >= 11 is 3.10. The van der Waals surface area contributed by atoms with Crippen LogP contribution in [0.4, 0.5) is 11.5 Å². The van der Waals surface area contributed by atoms with Gasteiger partial charge in [0.1, 0.15) is 12.0 Å². The van der Waals surface area contributed by atoms with Crippen LogP contribution in [0.3, 0.4) is 0 Å². The maximum atomic E-state index is 11.6. The first-order valence-corrected chi connectivity index (χ1v) is 7.12. The Bertz CT molecular complexity index is 656. The van der Waals surface area contributed by atoms with Crippen LogP contribution in [0.1, 0.15) is 17.0 Å². The molecule has 0 unspecified atom stereocenters. The van der Waals surface area contributed by atoms with Gasteiger partial charge in [0.05, 0.1) is 11.5 Å². The van der Waals surface area contributed by atoms with Gasteiger partial charge in [0.15, 0.2) is 4.67 Å². The molecule has 116 valence electrons. The molecule has 0 aromatic carbocycles. The maximum Gasteiger partial charge on any atom is 0.374 e. The summed E-state index contributed by atoms with van der Waals surface area (Å²) in [6.07, 6.45) is 1.74. The SMILES string of the molecule is O=C(OCCCNc1ccc([N+](=O)[O-])cn1)c1ccc(Br)o1. The zero-order valence-electron chi connectivity index (χ0n) is 11.3. The highest BCUT2D eigenvalue weighted by atomic mass is 79.9.